The lowest BCUT2D eigenvalue weighted by molar-refractivity contribution is -0.170. The molecule has 0 aromatic carbocycles. The van der Waals surface area contributed by atoms with Gasteiger partial charge in [0.25, 0.3) is 0 Å². The minimum absolute atomic E-state index is 0.0508. The first kappa shape index (κ1) is 16.7. The minimum atomic E-state index is 0.0508. The lowest BCUT2D eigenvalue weighted by atomic mass is 9.93. The van der Waals surface area contributed by atoms with Gasteiger partial charge in [-0.2, -0.15) is 0 Å². The Morgan fingerprint density at radius 3 is 2.77 bits per heavy atom. The number of pyridine rings is 1. The van der Waals surface area contributed by atoms with Crippen LogP contribution in [-0.2, 0) is 16.2 Å². The predicted molar refractivity (Wildman–Crippen MR) is 83.2 cm³/mol. The maximum atomic E-state index is 11.9. The van der Waals surface area contributed by atoms with Crippen molar-refractivity contribution in [2.24, 2.45) is 5.92 Å². The molecule has 1 amide bonds. The van der Waals surface area contributed by atoms with Crippen LogP contribution in [0.25, 0.3) is 0 Å². The second-order valence-corrected chi connectivity index (χ2v) is 5.67. The van der Waals surface area contributed by atoms with Gasteiger partial charge in [-0.1, -0.05) is 6.07 Å². The largest absolute Gasteiger partial charge is 0.481 e. The first-order valence-electron chi connectivity index (χ1n) is 7.65. The van der Waals surface area contributed by atoms with E-state index < -0.39 is 0 Å². The second kappa shape index (κ2) is 8.10. The number of carbonyl (C=O) groups is 1. The fraction of sp³-hybridized carbons (Fsp3) is 0.625. The lowest BCUT2D eigenvalue weighted by Gasteiger charge is -2.32. The van der Waals surface area contributed by atoms with Crippen LogP contribution in [0.1, 0.15) is 24.8 Å². The zero-order chi connectivity index (χ0) is 15.9. The van der Waals surface area contributed by atoms with Crippen LogP contribution in [0.3, 0.4) is 0 Å². The average molecular weight is 307 g/mol. The number of hydroxylamine groups is 2. The van der Waals surface area contributed by atoms with Crippen molar-refractivity contribution < 1.29 is 14.4 Å². The molecule has 1 aromatic rings. The van der Waals surface area contributed by atoms with Crippen LogP contribution < -0.4 is 4.74 Å². The van der Waals surface area contributed by atoms with Crippen molar-refractivity contribution in [1.29, 1.82) is 0 Å². The van der Waals surface area contributed by atoms with Crippen molar-refractivity contribution in [2.75, 3.05) is 34.4 Å². The zero-order valence-corrected chi connectivity index (χ0v) is 13.6. The van der Waals surface area contributed by atoms with E-state index in [1.54, 1.807) is 20.4 Å². The molecule has 1 aliphatic rings. The van der Waals surface area contributed by atoms with E-state index in [1.807, 2.05) is 6.07 Å². The van der Waals surface area contributed by atoms with Gasteiger partial charge in [-0.15, -0.1) is 0 Å². The van der Waals surface area contributed by atoms with Crippen LogP contribution in [0, 0.1) is 5.92 Å². The SMILES string of the molecule is COc1ncccc1CN1CCC(CC(=O)N(C)OC)CC1. The molecule has 1 aliphatic heterocycles. The van der Waals surface area contributed by atoms with Crippen molar-refractivity contribution in [3.05, 3.63) is 23.9 Å². The Bertz CT molecular complexity index is 487. The highest BCUT2D eigenvalue weighted by Gasteiger charge is 2.23. The van der Waals surface area contributed by atoms with Crippen LogP contribution in [-0.4, -0.2) is 55.2 Å². The molecule has 0 atom stereocenters. The smallest absolute Gasteiger partial charge is 0.246 e. The van der Waals surface area contributed by atoms with Crippen molar-refractivity contribution in [3.63, 3.8) is 0 Å². The standard InChI is InChI=1S/C16H25N3O3/c1-18(22-3)15(20)11-13-6-9-19(10-7-13)12-14-5-4-8-17-16(14)21-2/h4-5,8,13H,6-7,9-12H2,1-3H3. The average Bonchev–Trinajstić information content (AvgIpc) is 2.56. The van der Waals surface area contributed by atoms with E-state index in [1.165, 1.54) is 12.2 Å². The van der Waals surface area contributed by atoms with Crippen LogP contribution in [0.15, 0.2) is 18.3 Å². The number of hydrogen-bond acceptors (Lipinski definition) is 5. The normalized spacial score (nSPS) is 16.5. The molecule has 0 aliphatic carbocycles. The number of likely N-dealkylation sites (tertiary alicyclic amines) is 1. The van der Waals surface area contributed by atoms with Crippen LogP contribution >= 0.6 is 0 Å². The predicted octanol–water partition coefficient (Wildman–Crippen LogP) is 1.71. The third-order valence-corrected chi connectivity index (χ3v) is 4.23. The molecule has 2 heterocycles. The van der Waals surface area contributed by atoms with E-state index in [0.717, 1.165) is 38.0 Å². The monoisotopic (exact) mass is 307 g/mol. The molecule has 2 rings (SSSR count). The summed E-state index contributed by atoms with van der Waals surface area (Å²) in [5, 5.41) is 1.31. The third kappa shape index (κ3) is 4.42. The Morgan fingerprint density at radius 1 is 1.41 bits per heavy atom. The van der Waals surface area contributed by atoms with Gasteiger partial charge in [0.2, 0.25) is 11.8 Å². The molecular formula is C16H25N3O3. The van der Waals surface area contributed by atoms with E-state index >= 15 is 0 Å². The van der Waals surface area contributed by atoms with Crippen molar-refractivity contribution in [1.82, 2.24) is 14.9 Å². The van der Waals surface area contributed by atoms with E-state index in [-0.39, 0.29) is 5.91 Å². The number of hydrogen-bond donors (Lipinski definition) is 0. The summed E-state index contributed by atoms with van der Waals surface area (Å²) in [7, 11) is 4.82. The van der Waals surface area contributed by atoms with Gasteiger partial charge in [-0.3, -0.25) is 14.5 Å². The summed E-state index contributed by atoms with van der Waals surface area (Å²) in [5.41, 5.74) is 1.11. The summed E-state index contributed by atoms with van der Waals surface area (Å²) in [6, 6.07) is 3.98. The van der Waals surface area contributed by atoms with Crippen LogP contribution in [0.2, 0.25) is 0 Å². The van der Waals surface area contributed by atoms with E-state index in [9.17, 15) is 4.79 Å². The number of nitrogens with zero attached hydrogens (tertiary/aromatic N) is 3. The fourth-order valence-corrected chi connectivity index (χ4v) is 2.80. The Balaban J connectivity index is 1.81. The molecule has 6 nitrogen and oxygen atoms in total. The molecule has 0 saturated carbocycles. The molecule has 6 heteroatoms. The molecule has 0 radical (unpaired) electrons. The highest BCUT2D eigenvalue weighted by molar-refractivity contribution is 5.75. The molecule has 0 N–H and O–H groups in total. The summed E-state index contributed by atoms with van der Waals surface area (Å²) in [4.78, 5) is 23.4. The lowest BCUT2D eigenvalue weighted by Crippen LogP contribution is -2.36. The number of piperidine rings is 1. The first-order chi connectivity index (χ1) is 10.6. The quantitative estimate of drug-likeness (QED) is 0.749. The highest BCUT2D eigenvalue weighted by atomic mass is 16.7. The van der Waals surface area contributed by atoms with Gasteiger partial charge in [-0.05, 0) is 37.9 Å². The third-order valence-electron chi connectivity index (χ3n) is 4.23. The van der Waals surface area contributed by atoms with Gasteiger partial charge in [0.1, 0.15) is 0 Å². The van der Waals surface area contributed by atoms with Crippen molar-refractivity contribution >= 4 is 5.91 Å². The molecule has 22 heavy (non-hydrogen) atoms. The topological polar surface area (TPSA) is 54.9 Å². The number of rotatable bonds is 6. The highest BCUT2D eigenvalue weighted by Crippen LogP contribution is 2.24. The van der Waals surface area contributed by atoms with Gasteiger partial charge >= 0.3 is 0 Å². The molecule has 0 spiro atoms. The number of ether oxygens (including phenoxy) is 1. The molecule has 1 fully saturated rings. The molecule has 122 valence electrons. The first-order valence-corrected chi connectivity index (χ1v) is 7.65. The van der Waals surface area contributed by atoms with Crippen molar-refractivity contribution in [2.45, 2.75) is 25.8 Å². The second-order valence-electron chi connectivity index (χ2n) is 5.67. The molecule has 0 bridgehead atoms. The number of aromatic nitrogens is 1. The summed E-state index contributed by atoms with van der Waals surface area (Å²) >= 11 is 0. The maximum Gasteiger partial charge on any atom is 0.246 e. The Morgan fingerprint density at radius 2 is 2.14 bits per heavy atom. The molecule has 0 unspecified atom stereocenters. The number of amides is 1. The number of methoxy groups -OCH3 is 1. The van der Waals surface area contributed by atoms with Crippen molar-refractivity contribution in [3.8, 4) is 5.88 Å². The van der Waals surface area contributed by atoms with Gasteiger partial charge in [-0.25, -0.2) is 10.0 Å². The van der Waals surface area contributed by atoms with Gasteiger partial charge < -0.3 is 4.74 Å². The zero-order valence-electron chi connectivity index (χ0n) is 13.6. The van der Waals surface area contributed by atoms with E-state index in [4.69, 9.17) is 9.57 Å². The van der Waals surface area contributed by atoms with Gasteiger partial charge in [0.15, 0.2) is 0 Å². The Kier molecular flexibility index (Phi) is 6.15. The van der Waals surface area contributed by atoms with Crippen LogP contribution in [0.4, 0.5) is 0 Å². The Hall–Kier alpha value is -1.66. The molecular weight excluding hydrogens is 282 g/mol. The summed E-state index contributed by atoms with van der Waals surface area (Å²) in [6.07, 6.45) is 4.37. The van der Waals surface area contributed by atoms with E-state index in [0.29, 0.717) is 18.2 Å². The van der Waals surface area contributed by atoms with E-state index in [2.05, 4.69) is 16.0 Å². The number of carbonyl (C=O) groups excluding carboxylic acids is 1. The van der Waals surface area contributed by atoms with Crippen LogP contribution in [0.5, 0.6) is 5.88 Å². The molecule has 1 saturated heterocycles. The molecule has 1 aromatic heterocycles. The van der Waals surface area contributed by atoms with Gasteiger partial charge in [0, 0.05) is 31.8 Å². The fourth-order valence-electron chi connectivity index (χ4n) is 2.80. The summed E-state index contributed by atoms with van der Waals surface area (Å²) in [6.45, 7) is 2.83. The summed E-state index contributed by atoms with van der Waals surface area (Å²) < 4.78 is 5.30. The summed E-state index contributed by atoms with van der Waals surface area (Å²) in [5.74, 6) is 1.19. The maximum absolute atomic E-state index is 11.9. The minimum Gasteiger partial charge on any atom is -0.481 e. The van der Waals surface area contributed by atoms with Gasteiger partial charge in [0.05, 0.1) is 14.2 Å². The Labute approximate surface area is 132 Å².